The molecule has 0 amide bonds. The van der Waals surface area contributed by atoms with Crippen LogP contribution in [0.3, 0.4) is 0 Å². The van der Waals surface area contributed by atoms with Crippen LogP contribution in [0.4, 0.5) is 5.69 Å². The van der Waals surface area contributed by atoms with Crippen molar-refractivity contribution in [3.05, 3.63) is 65.1 Å². The van der Waals surface area contributed by atoms with E-state index in [1.165, 1.54) is 4.88 Å². The molecule has 0 radical (unpaired) electrons. The van der Waals surface area contributed by atoms with Crippen molar-refractivity contribution in [2.24, 2.45) is 0 Å². The summed E-state index contributed by atoms with van der Waals surface area (Å²) in [5.74, 6) is 0. The molecule has 18 heavy (non-hydrogen) atoms. The minimum Gasteiger partial charge on any atom is -0.378 e. The number of para-hydroxylation sites is 2. The smallest absolute Gasteiger partial charge is 0.0876 e. The van der Waals surface area contributed by atoms with Gasteiger partial charge in [0.05, 0.1) is 11.4 Å². The van der Waals surface area contributed by atoms with Gasteiger partial charge in [0.25, 0.3) is 0 Å². The first-order valence-electron chi connectivity index (χ1n) is 5.79. The van der Waals surface area contributed by atoms with Crippen LogP contribution in [0.15, 0.2) is 60.2 Å². The number of nitrogens with zero attached hydrogens (tertiary/aromatic N) is 2. The lowest BCUT2D eigenvalue weighted by molar-refractivity contribution is 0.879. The van der Waals surface area contributed by atoms with Crippen molar-refractivity contribution in [2.75, 3.05) is 5.32 Å². The second-order valence-electron chi connectivity index (χ2n) is 3.90. The topological polar surface area (TPSA) is 29.9 Å². The molecule has 0 aliphatic heterocycles. The normalized spacial score (nSPS) is 10.4. The highest BCUT2D eigenvalue weighted by molar-refractivity contribution is 7.09. The van der Waals surface area contributed by atoms with Gasteiger partial charge in [-0.3, -0.25) is 0 Å². The Morgan fingerprint density at radius 3 is 2.83 bits per heavy atom. The first-order valence-corrected chi connectivity index (χ1v) is 6.67. The molecule has 1 N–H and O–H groups in total. The van der Waals surface area contributed by atoms with Gasteiger partial charge in [0.1, 0.15) is 0 Å². The second-order valence-corrected chi connectivity index (χ2v) is 4.93. The Hall–Kier alpha value is -2.07. The van der Waals surface area contributed by atoms with Gasteiger partial charge in [-0.25, -0.2) is 4.68 Å². The Morgan fingerprint density at radius 2 is 2.06 bits per heavy atom. The van der Waals surface area contributed by atoms with Crippen LogP contribution in [0.2, 0.25) is 0 Å². The molecule has 4 heteroatoms. The highest BCUT2D eigenvalue weighted by Gasteiger charge is 2.03. The van der Waals surface area contributed by atoms with E-state index >= 15 is 0 Å². The molecule has 3 rings (SSSR count). The molecule has 2 aromatic heterocycles. The number of rotatable bonds is 4. The lowest BCUT2D eigenvalue weighted by atomic mass is 10.2. The van der Waals surface area contributed by atoms with Crippen molar-refractivity contribution >= 4 is 17.0 Å². The van der Waals surface area contributed by atoms with Crippen LogP contribution in [0.1, 0.15) is 4.88 Å². The Kier molecular flexibility index (Phi) is 3.10. The number of hydrogen-bond acceptors (Lipinski definition) is 3. The maximum absolute atomic E-state index is 4.27. The molecule has 0 fully saturated rings. The fourth-order valence-corrected chi connectivity index (χ4v) is 2.47. The summed E-state index contributed by atoms with van der Waals surface area (Å²) in [6, 6.07) is 14.3. The molecule has 2 heterocycles. The van der Waals surface area contributed by atoms with Crippen molar-refractivity contribution in [1.82, 2.24) is 9.78 Å². The SMILES string of the molecule is c1csc(CNc2ccccc2-n2cccn2)c1. The maximum atomic E-state index is 4.27. The fourth-order valence-electron chi connectivity index (χ4n) is 1.83. The zero-order valence-electron chi connectivity index (χ0n) is 9.78. The molecular weight excluding hydrogens is 242 g/mol. The predicted molar refractivity (Wildman–Crippen MR) is 75.2 cm³/mol. The third-order valence-corrected chi connectivity index (χ3v) is 3.56. The van der Waals surface area contributed by atoms with E-state index < -0.39 is 0 Å². The summed E-state index contributed by atoms with van der Waals surface area (Å²) in [6.07, 6.45) is 3.74. The van der Waals surface area contributed by atoms with Crippen LogP contribution in [0.5, 0.6) is 0 Å². The van der Waals surface area contributed by atoms with Gasteiger partial charge >= 0.3 is 0 Å². The summed E-state index contributed by atoms with van der Waals surface area (Å²) in [5.41, 5.74) is 2.16. The van der Waals surface area contributed by atoms with Gasteiger partial charge in [0.2, 0.25) is 0 Å². The zero-order valence-corrected chi connectivity index (χ0v) is 10.6. The molecule has 0 aliphatic rings. The molecule has 90 valence electrons. The van der Waals surface area contributed by atoms with Gasteiger partial charge in [-0.1, -0.05) is 18.2 Å². The molecule has 3 nitrogen and oxygen atoms in total. The molecular formula is C14H13N3S. The van der Waals surface area contributed by atoms with Crippen LogP contribution in [-0.4, -0.2) is 9.78 Å². The van der Waals surface area contributed by atoms with E-state index in [9.17, 15) is 0 Å². The minimum absolute atomic E-state index is 0.843. The number of thiophene rings is 1. The molecule has 3 aromatic rings. The van der Waals surface area contributed by atoms with E-state index in [2.05, 4.69) is 40.1 Å². The summed E-state index contributed by atoms with van der Waals surface area (Å²) < 4.78 is 1.87. The maximum Gasteiger partial charge on any atom is 0.0876 e. The average molecular weight is 255 g/mol. The second kappa shape index (κ2) is 5.06. The predicted octanol–water partition coefficient (Wildman–Crippen LogP) is 3.55. The Morgan fingerprint density at radius 1 is 1.11 bits per heavy atom. The molecule has 0 saturated carbocycles. The summed E-state index contributed by atoms with van der Waals surface area (Å²) in [5, 5.41) is 9.82. The van der Waals surface area contributed by atoms with Crippen LogP contribution in [0.25, 0.3) is 5.69 Å². The van der Waals surface area contributed by atoms with Gasteiger partial charge in [-0.05, 0) is 29.6 Å². The average Bonchev–Trinajstić information content (AvgIpc) is 3.10. The van der Waals surface area contributed by atoms with E-state index in [-0.39, 0.29) is 0 Å². The Bertz CT molecular complexity index is 600. The van der Waals surface area contributed by atoms with E-state index in [1.54, 1.807) is 17.5 Å². The monoisotopic (exact) mass is 255 g/mol. The molecule has 0 saturated heterocycles. The van der Waals surface area contributed by atoms with Crippen molar-refractivity contribution < 1.29 is 0 Å². The van der Waals surface area contributed by atoms with Crippen LogP contribution in [0, 0.1) is 0 Å². The summed E-state index contributed by atoms with van der Waals surface area (Å²) in [4.78, 5) is 1.32. The summed E-state index contributed by atoms with van der Waals surface area (Å²) in [7, 11) is 0. The van der Waals surface area contributed by atoms with Gasteiger partial charge < -0.3 is 5.32 Å². The number of anilines is 1. The highest BCUT2D eigenvalue weighted by Crippen LogP contribution is 2.20. The zero-order chi connectivity index (χ0) is 12.2. The summed E-state index contributed by atoms with van der Waals surface area (Å²) in [6.45, 7) is 0.843. The number of nitrogens with one attached hydrogen (secondary N) is 1. The molecule has 0 unspecified atom stereocenters. The fraction of sp³-hybridized carbons (Fsp3) is 0.0714. The van der Waals surface area contributed by atoms with Crippen molar-refractivity contribution in [2.45, 2.75) is 6.54 Å². The third-order valence-electron chi connectivity index (χ3n) is 2.69. The number of benzene rings is 1. The van der Waals surface area contributed by atoms with E-state index in [1.807, 2.05) is 29.1 Å². The van der Waals surface area contributed by atoms with E-state index in [4.69, 9.17) is 0 Å². The number of hydrogen-bond donors (Lipinski definition) is 1. The minimum atomic E-state index is 0.843. The summed E-state index contributed by atoms with van der Waals surface area (Å²) >= 11 is 1.76. The number of aromatic nitrogens is 2. The first kappa shape index (κ1) is 11.0. The lowest BCUT2D eigenvalue weighted by Crippen LogP contribution is -2.03. The molecule has 0 atom stereocenters. The lowest BCUT2D eigenvalue weighted by Gasteiger charge is -2.11. The van der Waals surface area contributed by atoms with Gasteiger partial charge in [-0.15, -0.1) is 11.3 Å². The standard InChI is InChI=1S/C14H13N3S/c1-2-7-14(17-9-4-8-16-17)13(6-1)15-11-12-5-3-10-18-12/h1-10,15H,11H2. The molecule has 0 bridgehead atoms. The highest BCUT2D eigenvalue weighted by atomic mass is 32.1. The Labute approximate surface area is 110 Å². The van der Waals surface area contributed by atoms with Crippen molar-refractivity contribution in [1.29, 1.82) is 0 Å². The quantitative estimate of drug-likeness (QED) is 0.772. The van der Waals surface area contributed by atoms with Crippen LogP contribution in [-0.2, 0) is 6.54 Å². The van der Waals surface area contributed by atoms with Crippen LogP contribution >= 0.6 is 11.3 Å². The Balaban J connectivity index is 1.84. The van der Waals surface area contributed by atoms with Gasteiger partial charge in [0, 0.05) is 23.8 Å². The molecule has 1 aromatic carbocycles. The molecule has 0 spiro atoms. The van der Waals surface area contributed by atoms with Crippen molar-refractivity contribution in [3.63, 3.8) is 0 Å². The first-order chi connectivity index (χ1) is 8.93. The third kappa shape index (κ3) is 2.28. The van der Waals surface area contributed by atoms with Crippen molar-refractivity contribution in [3.8, 4) is 5.69 Å². The van der Waals surface area contributed by atoms with E-state index in [0.29, 0.717) is 0 Å². The van der Waals surface area contributed by atoms with E-state index in [0.717, 1.165) is 17.9 Å². The largest absolute Gasteiger partial charge is 0.378 e. The molecule has 0 aliphatic carbocycles. The van der Waals surface area contributed by atoms with Gasteiger partial charge in [-0.2, -0.15) is 5.10 Å². The van der Waals surface area contributed by atoms with Crippen LogP contribution < -0.4 is 5.32 Å². The van der Waals surface area contributed by atoms with Gasteiger partial charge in [0.15, 0.2) is 0 Å².